The molecule has 1 aliphatic carbocycles. The van der Waals surface area contributed by atoms with E-state index in [1.54, 1.807) is 25.3 Å². The first-order valence-corrected chi connectivity index (χ1v) is 6.85. The summed E-state index contributed by atoms with van der Waals surface area (Å²) < 4.78 is 10.8. The highest BCUT2D eigenvalue weighted by Gasteiger charge is 2.28. The van der Waals surface area contributed by atoms with E-state index >= 15 is 0 Å². The molecule has 0 aliphatic heterocycles. The van der Waals surface area contributed by atoms with Gasteiger partial charge in [-0.25, -0.2) is 0 Å². The van der Waals surface area contributed by atoms with Crippen molar-refractivity contribution in [2.75, 3.05) is 0 Å². The van der Waals surface area contributed by atoms with Crippen molar-refractivity contribution in [1.29, 1.82) is 0 Å². The molecule has 0 radical (unpaired) electrons. The summed E-state index contributed by atoms with van der Waals surface area (Å²) in [4.78, 5) is 12.2. The third-order valence-corrected chi connectivity index (χ3v) is 3.66. The maximum absolute atomic E-state index is 12.2. The molecule has 2 heterocycles. The van der Waals surface area contributed by atoms with Gasteiger partial charge in [0.1, 0.15) is 11.5 Å². The molecule has 1 aliphatic rings. The van der Waals surface area contributed by atoms with Gasteiger partial charge < -0.3 is 19.4 Å². The highest BCUT2D eigenvalue weighted by molar-refractivity contribution is 6.06. The lowest BCUT2D eigenvalue weighted by Gasteiger charge is -2.11. The Kier molecular flexibility index (Phi) is 3.51. The standard InChI is InChI=1S/C15H16N2O4/c1-9-13-11(17-19)5-2-6-12(13)21-14(9)15(18)16-8-10-4-3-7-20-10/h3-4,7,19H,2,5-6,8H2,1H3,(H,16,18)/b17-11+. The number of oxime groups is 1. The number of nitrogens with zero attached hydrogens (tertiary/aromatic N) is 1. The quantitative estimate of drug-likeness (QED) is 0.671. The Balaban J connectivity index is 1.82. The van der Waals surface area contributed by atoms with E-state index in [1.165, 1.54) is 0 Å². The van der Waals surface area contributed by atoms with Gasteiger partial charge in [0, 0.05) is 17.5 Å². The molecule has 110 valence electrons. The summed E-state index contributed by atoms with van der Waals surface area (Å²) >= 11 is 0. The lowest BCUT2D eigenvalue weighted by molar-refractivity contribution is 0.0917. The van der Waals surface area contributed by atoms with Crippen LogP contribution in [-0.4, -0.2) is 16.8 Å². The van der Waals surface area contributed by atoms with Crippen LogP contribution in [0.3, 0.4) is 0 Å². The van der Waals surface area contributed by atoms with Crippen LogP contribution in [0.2, 0.25) is 0 Å². The summed E-state index contributed by atoms with van der Waals surface area (Å²) in [6.07, 6.45) is 3.85. The largest absolute Gasteiger partial charge is 0.467 e. The molecule has 0 atom stereocenters. The molecule has 6 heteroatoms. The number of hydrogen-bond donors (Lipinski definition) is 2. The molecular formula is C15H16N2O4. The molecule has 2 N–H and O–H groups in total. The fourth-order valence-corrected chi connectivity index (χ4v) is 2.65. The molecule has 3 rings (SSSR count). The predicted molar refractivity (Wildman–Crippen MR) is 74.6 cm³/mol. The molecule has 0 fully saturated rings. The average Bonchev–Trinajstić information content (AvgIpc) is 3.13. The lowest BCUT2D eigenvalue weighted by Crippen LogP contribution is -2.22. The summed E-state index contributed by atoms with van der Waals surface area (Å²) in [6, 6.07) is 3.55. The van der Waals surface area contributed by atoms with Gasteiger partial charge in [0.2, 0.25) is 0 Å². The van der Waals surface area contributed by atoms with E-state index < -0.39 is 0 Å². The monoisotopic (exact) mass is 288 g/mol. The number of carbonyl (C=O) groups excluding carboxylic acids is 1. The fourth-order valence-electron chi connectivity index (χ4n) is 2.65. The molecule has 6 nitrogen and oxygen atoms in total. The minimum atomic E-state index is -0.296. The van der Waals surface area contributed by atoms with Gasteiger partial charge in [0.25, 0.3) is 5.91 Å². The van der Waals surface area contributed by atoms with Crippen molar-refractivity contribution in [3.05, 3.63) is 46.8 Å². The van der Waals surface area contributed by atoms with Crippen molar-refractivity contribution in [2.45, 2.75) is 32.7 Å². The van der Waals surface area contributed by atoms with E-state index in [1.807, 2.05) is 0 Å². The van der Waals surface area contributed by atoms with E-state index in [-0.39, 0.29) is 11.7 Å². The van der Waals surface area contributed by atoms with Crippen LogP contribution in [0.25, 0.3) is 0 Å². The summed E-state index contributed by atoms with van der Waals surface area (Å²) in [5.74, 6) is 1.37. The maximum Gasteiger partial charge on any atom is 0.287 e. The third kappa shape index (κ3) is 2.44. The Hall–Kier alpha value is -2.50. The van der Waals surface area contributed by atoms with Crippen molar-refractivity contribution in [3.63, 3.8) is 0 Å². The molecule has 1 amide bonds. The van der Waals surface area contributed by atoms with Crippen molar-refractivity contribution in [1.82, 2.24) is 5.32 Å². The summed E-state index contributed by atoms with van der Waals surface area (Å²) in [6.45, 7) is 2.11. The zero-order chi connectivity index (χ0) is 14.8. The Morgan fingerprint density at radius 3 is 3.05 bits per heavy atom. The van der Waals surface area contributed by atoms with E-state index in [0.29, 0.717) is 24.4 Å². The number of hydrogen-bond acceptors (Lipinski definition) is 5. The van der Waals surface area contributed by atoms with E-state index in [9.17, 15) is 4.79 Å². The van der Waals surface area contributed by atoms with Crippen LogP contribution < -0.4 is 5.32 Å². The number of fused-ring (bicyclic) bond motifs is 1. The van der Waals surface area contributed by atoms with Crippen LogP contribution in [0.15, 0.2) is 32.4 Å². The van der Waals surface area contributed by atoms with Crippen LogP contribution in [0.4, 0.5) is 0 Å². The van der Waals surface area contributed by atoms with E-state index in [2.05, 4.69) is 10.5 Å². The second kappa shape index (κ2) is 5.47. The molecule has 2 aromatic rings. The average molecular weight is 288 g/mol. The molecule has 0 aromatic carbocycles. The molecule has 0 saturated carbocycles. The van der Waals surface area contributed by atoms with Crippen LogP contribution in [0.5, 0.6) is 0 Å². The smallest absolute Gasteiger partial charge is 0.287 e. The van der Waals surface area contributed by atoms with E-state index in [0.717, 1.165) is 29.7 Å². The van der Waals surface area contributed by atoms with Crippen LogP contribution >= 0.6 is 0 Å². The first kappa shape index (κ1) is 13.5. The predicted octanol–water partition coefficient (Wildman–Crippen LogP) is 2.63. The second-order valence-corrected chi connectivity index (χ2v) is 5.02. The Morgan fingerprint density at radius 2 is 2.33 bits per heavy atom. The fraction of sp³-hybridized carbons (Fsp3) is 0.333. The molecule has 0 bridgehead atoms. The number of carbonyl (C=O) groups is 1. The van der Waals surface area contributed by atoms with Gasteiger partial charge in [0.05, 0.1) is 18.5 Å². The number of aryl methyl sites for hydroxylation is 1. The molecule has 2 aromatic heterocycles. The van der Waals surface area contributed by atoms with Gasteiger partial charge in [-0.2, -0.15) is 0 Å². The Morgan fingerprint density at radius 1 is 1.48 bits per heavy atom. The van der Waals surface area contributed by atoms with E-state index in [4.69, 9.17) is 14.0 Å². The molecule has 0 unspecified atom stereocenters. The van der Waals surface area contributed by atoms with Crippen molar-refractivity contribution < 1.29 is 18.8 Å². The molecule has 21 heavy (non-hydrogen) atoms. The maximum atomic E-state index is 12.2. The van der Waals surface area contributed by atoms with Crippen molar-refractivity contribution in [2.24, 2.45) is 5.16 Å². The Labute approximate surface area is 121 Å². The first-order valence-electron chi connectivity index (χ1n) is 6.85. The van der Waals surface area contributed by atoms with Gasteiger partial charge in [-0.05, 0) is 31.9 Å². The topological polar surface area (TPSA) is 88.0 Å². The van der Waals surface area contributed by atoms with Gasteiger partial charge in [-0.3, -0.25) is 4.79 Å². The highest BCUT2D eigenvalue weighted by Crippen LogP contribution is 2.29. The molecule has 0 saturated heterocycles. The van der Waals surface area contributed by atoms with Gasteiger partial charge in [-0.1, -0.05) is 5.16 Å². The summed E-state index contributed by atoms with van der Waals surface area (Å²) in [7, 11) is 0. The van der Waals surface area contributed by atoms with Gasteiger partial charge in [-0.15, -0.1) is 0 Å². The molecule has 0 spiro atoms. The van der Waals surface area contributed by atoms with Crippen LogP contribution in [0, 0.1) is 6.92 Å². The van der Waals surface area contributed by atoms with Crippen LogP contribution in [-0.2, 0) is 13.0 Å². The third-order valence-electron chi connectivity index (χ3n) is 3.66. The SMILES string of the molecule is Cc1c(C(=O)NCc2ccco2)oc2c1/C(=N/O)CCC2. The zero-order valence-corrected chi connectivity index (χ0v) is 11.7. The Bertz CT molecular complexity index is 683. The zero-order valence-electron chi connectivity index (χ0n) is 11.7. The van der Waals surface area contributed by atoms with Gasteiger partial charge >= 0.3 is 0 Å². The first-order chi connectivity index (χ1) is 10.2. The number of amides is 1. The minimum Gasteiger partial charge on any atom is -0.467 e. The van der Waals surface area contributed by atoms with Crippen molar-refractivity contribution >= 4 is 11.6 Å². The minimum absolute atomic E-state index is 0.273. The van der Waals surface area contributed by atoms with Crippen molar-refractivity contribution in [3.8, 4) is 0 Å². The van der Waals surface area contributed by atoms with Crippen LogP contribution in [0.1, 0.15) is 46.0 Å². The summed E-state index contributed by atoms with van der Waals surface area (Å²) in [5.41, 5.74) is 2.07. The highest BCUT2D eigenvalue weighted by atomic mass is 16.4. The second-order valence-electron chi connectivity index (χ2n) is 5.02. The summed E-state index contributed by atoms with van der Waals surface area (Å²) in [5, 5.41) is 15.1. The lowest BCUT2D eigenvalue weighted by atomic mass is 9.93. The number of nitrogens with one attached hydrogen (secondary N) is 1. The molecular weight excluding hydrogens is 272 g/mol. The normalized spacial score (nSPS) is 16.0. The van der Waals surface area contributed by atoms with Gasteiger partial charge in [0.15, 0.2) is 5.76 Å². The number of furan rings is 2. The number of rotatable bonds is 3.